The number of carboxylic acid groups (broad SMARTS) is 1. The maximum atomic E-state index is 11.1. The van der Waals surface area contributed by atoms with Gasteiger partial charge in [0.2, 0.25) is 0 Å². The first-order valence-electron chi connectivity index (χ1n) is 11.1. The summed E-state index contributed by atoms with van der Waals surface area (Å²) in [5, 5.41) is 21.7. The van der Waals surface area contributed by atoms with Crippen molar-refractivity contribution in [3.05, 3.63) is 71.3 Å². The number of rotatable bonds is 12. The molecule has 2 N–H and O–H groups in total. The van der Waals surface area contributed by atoms with Crippen molar-refractivity contribution in [2.24, 2.45) is 0 Å². The van der Waals surface area contributed by atoms with E-state index in [0.29, 0.717) is 11.3 Å². The number of carboxylic acids is 1. The molecule has 0 fully saturated rings. The lowest BCUT2D eigenvalue weighted by Gasteiger charge is -2.12. The summed E-state index contributed by atoms with van der Waals surface area (Å²) in [5.74, 6) is -0.261. The zero-order chi connectivity index (χ0) is 22.1. The van der Waals surface area contributed by atoms with Crippen LogP contribution in [-0.4, -0.2) is 21.2 Å². The fourth-order valence-corrected chi connectivity index (χ4v) is 4.46. The highest BCUT2D eigenvalue weighted by Gasteiger charge is 2.10. The molecule has 3 aromatic rings. The van der Waals surface area contributed by atoms with Crippen LogP contribution >= 0.6 is 11.8 Å². The maximum Gasteiger partial charge on any atom is 0.335 e. The van der Waals surface area contributed by atoms with Crippen molar-refractivity contribution >= 4 is 28.6 Å². The number of hydrogen-bond donors (Lipinski definition) is 2. The molecule has 1 heterocycles. The van der Waals surface area contributed by atoms with E-state index in [1.165, 1.54) is 32.1 Å². The number of aliphatic hydroxyl groups excluding tert-OH is 1. The Labute approximate surface area is 188 Å². The minimum Gasteiger partial charge on any atom is -0.478 e. The second-order valence-electron chi connectivity index (χ2n) is 7.97. The van der Waals surface area contributed by atoms with Crippen LogP contribution in [0, 0.1) is 0 Å². The lowest BCUT2D eigenvalue weighted by molar-refractivity contribution is 0.0696. The normalized spacial score (nSPS) is 12.2. The van der Waals surface area contributed by atoms with E-state index in [-0.39, 0.29) is 0 Å². The average Bonchev–Trinajstić information content (AvgIpc) is 2.79. The Kier molecular flexibility index (Phi) is 8.92. The van der Waals surface area contributed by atoms with Gasteiger partial charge in [0.25, 0.3) is 0 Å². The standard InChI is InChI=1S/C26H31NO3S/c1-2-3-4-5-6-7-11-24(28)21-13-12-20-14-15-25(27-23(20)17-21)31-18-19-9-8-10-22(16-19)26(29)30/h8-10,12-17,24,28H,2-7,11,18H2,1H3,(H,29,30). The van der Waals surface area contributed by atoms with Crippen molar-refractivity contribution in [3.8, 4) is 0 Å². The summed E-state index contributed by atoms with van der Waals surface area (Å²) < 4.78 is 0. The Morgan fingerprint density at radius 2 is 1.77 bits per heavy atom. The molecule has 4 nitrogen and oxygen atoms in total. The SMILES string of the molecule is CCCCCCCCC(O)c1ccc2ccc(SCc3cccc(C(=O)O)c3)nc2c1. The van der Waals surface area contributed by atoms with Gasteiger partial charge in [-0.2, -0.15) is 0 Å². The van der Waals surface area contributed by atoms with Crippen molar-refractivity contribution in [1.29, 1.82) is 0 Å². The van der Waals surface area contributed by atoms with Crippen LogP contribution < -0.4 is 0 Å². The molecule has 0 aliphatic heterocycles. The van der Waals surface area contributed by atoms with Crippen LogP contribution in [0.1, 0.15) is 79.5 Å². The Balaban J connectivity index is 1.60. The summed E-state index contributed by atoms with van der Waals surface area (Å²) in [6, 6.07) is 17.0. The molecule has 0 aliphatic rings. The summed E-state index contributed by atoms with van der Waals surface area (Å²) in [6.07, 6.45) is 7.63. The molecule has 0 radical (unpaired) electrons. The monoisotopic (exact) mass is 437 g/mol. The second kappa shape index (κ2) is 11.9. The van der Waals surface area contributed by atoms with Crippen molar-refractivity contribution in [2.45, 2.75) is 68.8 Å². The van der Waals surface area contributed by atoms with E-state index in [4.69, 9.17) is 10.1 Å². The van der Waals surface area contributed by atoms with Crippen LogP contribution in [0.15, 0.2) is 59.6 Å². The summed E-state index contributed by atoms with van der Waals surface area (Å²) in [7, 11) is 0. The van der Waals surface area contributed by atoms with Gasteiger partial charge in [-0.15, -0.1) is 11.8 Å². The van der Waals surface area contributed by atoms with Gasteiger partial charge in [0.15, 0.2) is 0 Å². The first-order valence-corrected chi connectivity index (χ1v) is 12.1. The number of aromatic carboxylic acids is 1. The number of hydrogen-bond acceptors (Lipinski definition) is 4. The number of nitrogens with zero attached hydrogens (tertiary/aromatic N) is 1. The number of pyridine rings is 1. The topological polar surface area (TPSA) is 70.4 Å². The molecule has 0 bridgehead atoms. The van der Waals surface area contributed by atoms with Gasteiger partial charge in [-0.25, -0.2) is 9.78 Å². The number of thioether (sulfide) groups is 1. The highest BCUT2D eigenvalue weighted by Crippen LogP contribution is 2.27. The molecule has 2 aromatic carbocycles. The van der Waals surface area contributed by atoms with E-state index in [1.807, 2.05) is 36.4 Å². The highest BCUT2D eigenvalue weighted by atomic mass is 32.2. The molecule has 0 aliphatic carbocycles. The van der Waals surface area contributed by atoms with E-state index in [1.54, 1.807) is 30.0 Å². The minimum atomic E-state index is -0.914. The fraction of sp³-hybridized carbons (Fsp3) is 0.385. The molecule has 31 heavy (non-hydrogen) atoms. The molecule has 1 unspecified atom stereocenters. The molecule has 164 valence electrons. The van der Waals surface area contributed by atoms with Gasteiger partial charge in [-0.1, -0.05) is 75.8 Å². The van der Waals surface area contributed by atoms with E-state index >= 15 is 0 Å². The first-order chi connectivity index (χ1) is 15.1. The molecule has 0 saturated heterocycles. The van der Waals surface area contributed by atoms with Crippen LogP contribution in [0.2, 0.25) is 0 Å². The Morgan fingerprint density at radius 1 is 1.00 bits per heavy atom. The maximum absolute atomic E-state index is 11.1. The largest absolute Gasteiger partial charge is 0.478 e. The lowest BCUT2D eigenvalue weighted by atomic mass is 10.0. The van der Waals surface area contributed by atoms with Crippen molar-refractivity contribution in [1.82, 2.24) is 4.98 Å². The van der Waals surface area contributed by atoms with Gasteiger partial charge < -0.3 is 10.2 Å². The third-order valence-corrected chi connectivity index (χ3v) is 6.47. The molecular weight excluding hydrogens is 406 g/mol. The Morgan fingerprint density at radius 3 is 2.58 bits per heavy atom. The van der Waals surface area contributed by atoms with Gasteiger partial charge in [0, 0.05) is 11.1 Å². The fourth-order valence-electron chi connectivity index (χ4n) is 3.64. The Bertz CT molecular complexity index is 1000. The van der Waals surface area contributed by atoms with Crippen LogP contribution in [0.25, 0.3) is 10.9 Å². The predicted molar refractivity (Wildman–Crippen MR) is 128 cm³/mol. The van der Waals surface area contributed by atoms with Gasteiger partial charge in [-0.3, -0.25) is 0 Å². The lowest BCUT2D eigenvalue weighted by Crippen LogP contribution is -1.98. The van der Waals surface area contributed by atoms with Crippen molar-refractivity contribution in [2.75, 3.05) is 0 Å². The Hall–Kier alpha value is -2.37. The average molecular weight is 438 g/mol. The van der Waals surface area contributed by atoms with Crippen molar-refractivity contribution < 1.29 is 15.0 Å². The number of fused-ring (bicyclic) bond motifs is 1. The van der Waals surface area contributed by atoms with Crippen molar-refractivity contribution in [3.63, 3.8) is 0 Å². The molecule has 3 rings (SSSR count). The third-order valence-electron chi connectivity index (χ3n) is 5.47. The van der Waals surface area contributed by atoms with E-state index in [2.05, 4.69) is 6.92 Å². The molecule has 1 atom stereocenters. The van der Waals surface area contributed by atoms with Crippen LogP contribution in [0.4, 0.5) is 0 Å². The molecule has 1 aromatic heterocycles. The molecule has 0 amide bonds. The van der Waals surface area contributed by atoms with Gasteiger partial charge in [0.1, 0.15) is 0 Å². The predicted octanol–water partition coefficient (Wildman–Crippen LogP) is 7.01. The van der Waals surface area contributed by atoms with E-state index in [9.17, 15) is 9.90 Å². The number of unbranched alkanes of at least 4 members (excludes halogenated alkanes) is 5. The molecular formula is C26H31NO3S. The summed E-state index contributed by atoms with van der Waals surface area (Å²) in [4.78, 5) is 15.9. The smallest absolute Gasteiger partial charge is 0.335 e. The van der Waals surface area contributed by atoms with Gasteiger partial charge in [0.05, 0.1) is 22.2 Å². The number of aliphatic hydroxyl groups is 1. The summed E-state index contributed by atoms with van der Waals surface area (Å²) >= 11 is 1.58. The third kappa shape index (κ3) is 7.08. The molecule has 5 heteroatoms. The quantitative estimate of drug-likeness (QED) is 0.235. The highest BCUT2D eigenvalue weighted by molar-refractivity contribution is 7.98. The first kappa shape index (κ1) is 23.3. The molecule has 0 saturated carbocycles. The van der Waals surface area contributed by atoms with Gasteiger partial charge >= 0.3 is 5.97 Å². The number of aromatic nitrogens is 1. The van der Waals surface area contributed by atoms with Gasteiger partial charge in [-0.05, 0) is 41.8 Å². The minimum absolute atomic E-state index is 0.300. The zero-order valence-corrected chi connectivity index (χ0v) is 18.9. The molecule has 0 spiro atoms. The van der Waals surface area contributed by atoms with Crippen LogP contribution in [-0.2, 0) is 5.75 Å². The summed E-state index contributed by atoms with van der Waals surface area (Å²) in [6.45, 7) is 2.22. The van der Waals surface area contributed by atoms with Crippen LogP contribution in [0.5, 0.6) is 0 Å². The van der Waals surface area contributed by atoms with Crippen LogP contribution in [0.3, 0.4) is 0 Å². The number of carbonyl (C=O) groups is 1. The van der Waals surface area contributed by atoms with E-state index < -0.39 is 12.1 Å². The zero-order valence-electron chi connectivity index (χ0n) is 18.1. The van der Waals surface area contributed by atoms with E-state index in [0.717, 1.165) is 39.9 Å². The number of benzene rings is 2. The second-order valence-corrected chi connectivity index (χ2v) is 8.96. The summed E-state index contributed by atoms with van der Waals surface area (Å²) in [5.41, 5.74) is 3.05.